The normalized spacial score (nSPS) is 23.2. The second kappa shape index (κ2) is 6.01. The van der Waals surface area contributed by atoms with Gasteiger partial charge in [0.15, 0.2) is 0 Å². The van der Waals surface area contributed by atoms with E-state index < -0.39 is 11.7 Å². The second-order valence-corrected chi connectivity index (χ2v) is 6.63. The van der Waals surface area contributed by atoms with Crippen LogP contribution in [-0.4, -0.2) is 55.9 Å². The van der Waals surface area contributed by atoms with E-state index in [0.29, 0.717) is 25.9 Å². The van der Waals surface area contributed by atoms with Crippen molar-refractivity contribution in [1.82, 2.24) is 19.9 Å². The van der Waals surface area contributed by atoms with Gasteiger partial charge >= 0.3 is 6.09 Å². The number of hydrogen-bond acceptors (Lipinski definition) is 5. The van der Waals surface area contributed by atoms with Crippen LogP contribution in [-0.2, 0) is 18.2 Å². The number of rotatable bonds is 2. The first kappa shape index (κ1) is 15.8. The lowest BCUT2D eigenvalue weighted by atomic mass is 9.91. The van der Waals surface area contributed by atoms with E-state index in [2.05, 4.69) is 10.3 Å². The number of aliphatic hydroxyl groups is 1. The van der Waals surface area contributed by atoms with Gasteiger partial charge in [0.2, 0.25) is 0 Å². The summed E-state index contributed by atoms with van der Waals surface area (Å²) >= 11 is 0. The summed E-state index contributed by atoms with van der Waals surface area (Å²) in [6, 6.07) is 0. The fourth-order valence-electron chi connectivity index (χ4n) is 2.47. The zero-order valence-corrected chi connectivity index (χ0v) is 13.1. The van der Waals surface area contributed by atoms with Crippen molar-refractivity contribution in [3.8, 4) is 0 Å². The zero-order valence-electron chi connectivity index (χ0n) is 13.1. The van der Waals surface area contributed by atoms with Crippen LogP contribution in [0.15, 0.2) is 6.20 Å². The summed E-state index contributed by atoms with van der Waals surface area (Å²) in [6.45, 7) is 6.54. The Morgan fingerprint density at radius 1 is 1.52 bits per heavy atom. The quantitative estimate of drug-likeness (QED) is 0.879. The van der Waals surface area contributed by atoms with Gasteiger partial charge in [0.25, 0.3) is 0 Å². The molecule has 0 radical (unpaired) electrons. The number of carbonyl (C=O) groups is 1. The molecule has 0 bridgehead atoms. The van der Waals surface area contributed by atoms with Crippen molar-refractivity contribution in [2.24, 2.45) is 13.0 Å². The minimum absolute atomic E-state index is 0.0389. The number of hydrogen-bond donors (Lipinski definition) is 1. The lowest BCUT2D eigenvalue weighted by molar-refractivity contribution is -0.00841. The monoisotopic (exact) mass is 296 g/mol. The van der Waals surface area contributed by atoms with E-state index in [1.807, 2.05) is 27.0 Å². The smallest absolute Gasteiger partial charge is 0.410 e. The Labute approximate surface area is 124 Å². The molecule has 21 heavy (non-hydrogen) atoms. The standard InChI is InChI=1S/C14H24N4O3/c1-14(2,3)21-13(20)18-6-5-12(19)10(8-18)7-11-9-17(4)16-15-11/h9-10,12,19H,5-8H2,1-4H3. The maximum atomic E-state index is 12.1. The number of carbonyl (C=O) groups excluding carboxylic acids is 1. The highest BCUT2D eigenvalue weighted by Gasteiger charge is 2.33. The highest BCUT2D eigenvalue weighted by molar-refractivity contribution is 5.68. The number of ether oxygens (including phenoxy) is 1. The Morgan fingerprint density at radius 2 is 2.24 bits per heavy atom. The number of piperidine rings is 1. The van der Waals surface area contributed by atoms with Crippen LogP contribution < -0.4 is 0 Å². The van der Waals surface area contributed by atoms with E-state index in [1.165, 1.54) is 0 Å². The Balaban J connectivity index is 1.97. The number of aryl methyl sites for hydroxylation is 1. The van der Waals surface area contributed by atoms with Crippen molar-refractivity contribution < 1.29 is 14.6 Å². The zero-order chi connectivity index (χ0) is 15.6. The fraction of sp³-hybridized carbons (Fsp3) is 0.786. The first-order valence-corrected chi connectivity index (χ1v) is 7.26. The molecule has 2 rings (SSSR count). The summed E-state index contributed by atoms with van der Waals surface area (Å²) in [5.74, 6) is -0.0389. The van der Waals surface area contributed by atoms with E-state index in [4.69, 9.17) is 4.74 Å². The molecule has 7 heteroatoms. The van der Waals surface area contributed by atoms with Crippen LogP contribution in [0.1, 0.15) is 32.9 Å². The molecule has 2 heterocycles. The minimum atomic E-state index is -0.506. The molecule has 1 amide bonds. The number of aliphatic hydroxyl groups excluding tert-OH is 1. The first-order valence-electron chi connectivity index (χ1n) is 7.26. The van der Waals surface area contributed by atoms with Crippen LogP contribution in [0.2, 0.25) is 0 Å². The molecule has 7 nitrogen and oxygen atoms in total. The third kappa shape index (κ3) is 4.42. The molecule has 2 unspecified atom stereocenters. The topological polar surface area (TPSA) is 80.5 Å². The average Bonchev–Trinajstić information content (AvgIpc) is 2.75. The van der Waals surface area contributed by atoms with Gasteiger partial charge in [-0.05, 0) is 27.2 Å². The molecule has 0 aliphatic carbocycles. The van der Waals surface area contributed by atoms with E-state index in [9.17, 15) is 9.90 Å². The minimum Gasteiger partial charge on any atom is -0.444 e. The van der Waals surface area contributed by atoms with Crippen molar-refractivity contribution in [3.63, 3.8) is 0 Å². The molecule has 1 aliphatic heterocycles. The van der Waals surface area contributed by atoms with Crippen LogP contribution in [0.25, 0.3) is 0 Å². The summed E-state index contributed by atoms with van der Waals surface area (Å²) in [5, 5.41) is 18.1. The molecule has 0 aromatic carbocycles. The molecule has 1 saturated heterocycles. The van der Waals surface area contributed by atoms with Gasteiger partial charge in [-0.15, -0.1) is 5.10 Å². The van der Waals surface area contributed by atoms with Crippen LogP contribution in [0.3, 0.4) is 0 Å². The average molecular weight is 296 g/mol. The van der Waals surface area contributed by atoms with Crippen molar-refractivity contribution >= 4 is 6.09 Å². The van der Waals surface area contributed by atoms with Gasteiger partial charge in [-0.25, -0.2) is 4.79 Å². The second-order valence-electron chi connectivity index (χ2n) is 6.63. The van der Waals surface area contributed by atoms with Crippen molar-refractivity contribution in [2.45, 2.75) is 45.3 Å². The molecule has 1 aliphatic rings. The van der Waals surface area contributed by atoms with Gasteiger partial charge in [0.05, 0.1) is 11.8 Å². The van der Waals surface area contributed by atoms with Crippen LogP contribution in [0.4, 0.5) is 4.79 Å². The Hall–Kier alpha value is -1.63. The van der Waals surface area contributed by atoms with Crippen LogP contribution in [0, 0.1) is 5.92 Å². The number of aromatic nitrogens is 3. The molecule has 118 valence electrons. The largest absolute Gasteiger partial charge is 0.444 e. The van der Waals surface area contributed by atoms with E-state index in [-0.39, 0.29) is 12.0 Å². The number of nitrogens with zero attached hydrogens (tertiary/aromatic N) is 4. The summed E-state index contributed by atoms with van der Waals surface area (Å²) in [5.41, 5.74) is 0.320. The molecule has 1 N–H and O–H groups in total. The first-order chi connectivity index (χ1) is 9.74. The van der Waals surface area contributed by atoms with Gasteiger partial charge in [0.1, 0.15) is 5.60 Å². The maximum Gasteiger partial charge on any atom is 0.410 e. The molecule has 1 aromatic rings. The summed E-state index contributed by atoms with van der Waals surface area (Å²) in [4.78, 5) is 13.8. The van der Waals surface area contributed by atoms with Gasteiger partial charge < -0.3 is 14.7 Å². The number of amides is 1. The van der Waals surface area contributed by atoms with Crippen molar-refractivity contribution in [1.29, 1.82) is 0 Å². The van der Waals surface area contributed by atoms with Crippen molar-refractivity contribution in [3.05, 3.63) is 11.9 Å². The van der Waals surface area contributed by atoms with Crippen LogP contribution in [0.5, 0.6) is 0 Å². The van der Waals surface area contributed by atoms with Gasteiger partial charge in [-0.1, -0.05) is 5.21 Å². The fourth-order valence-corrected chi connectivity index (χ4v) is 2.47. The lowest BCUT2D eigenvalue weighted by Gasteiger charge is -2.36. The Bertz CT molecular complexity index is 495. The third-order valence-electron chi connectivity index (χ3n) is 3.47. The molecular weight excluding hydrogens is 272 g/mol. The molecular formula is C14H24N4O3. The SMILES string of the molecule is Cn1cc(CC2CN(C(=O)OC(C)(C)C)CCC2O)nn1. The van der Waals surface area contributed by atoms with Crippen LogP contribution >= 0.6 is 0 Å². The predicted molar refractivity (Wildman–Crippen MR) is 76.6 cm³/mol. The highest BCUT2D eigenvalue weighted by atomic mass is 16.6. The lowest BCUT2D eigenvalue weighted by Crippen LogP contribution is -2.48. The molecule has 1 fully saturated rings. The van der Waals surface area contributed by atoms with E-state index in [0.717, 1.165) is 5.69 Å². The molecule has 0 spiro atoms. The van der Waals surface area contributed by atoms with E-state index in [1.54, 1.807) is 16.6 Å². The highest BCUT2D eigenvalue weighted by Crippen LogP contribution is 2.22. The van der Waals surface area contributed by atoms with E-state index >= 15 is 0 Å². The maximum absolute atomic E-state index is 12.1. The molecule has 2 atom stereocenters. The van der Waals surface area contributed by atoms with Gasteiger partial charge in [-0.2, -0.15) is 0 Å². The molecule has 0 saturated carbocycles. The predicted octanol–water partition coefficient (Wildman–Crippen LogP) is 0.975. The Morgan fingerprint density at radius 3 is 2.81 bits per heavy atom. The summed E-state index contributed by atoms with van der Waals surface area (Å²) in [6.07, 6.45) is 2.25. The summed E-state index contributed by atoms with van der Waals surface area (Å²) < 4.78 is 7.02. The van der Waals surface area contributed by atoms with Crippen molar-refractivity contribution in [2.75, 3.05) is 13.1 Å². The van der Waals surface area contributed by atoms with Gasteiger partial charge in [-0.3, -0.25) is 4.68 Å². The Kier molecular flexibility index (Phi) is 4.51. The van der Waals surface area contributed by atoms with Gasteiger partial charge in [0, 0.05) is 38.7 Å². The summed E-state index contributed by atoms with van der Waals surface area (Å²) in [7, 11) is 1.81. The molecule has 1 aromatic heterocycles. The third-order valence-corrected chi connectivity index (χ3v) is 3.47. The number of likely N-dealkylation sites (tertiary alicyclic amines) is 1.